The monoisotopic (exact) mass is 301 g/mol. The van der Waals surface area contributed by atoms with Gasteiger partial charge < -0.3 is 4.74 Å². The van der Waals surface area contributed by atoms with Crippen molar-refractivity contribution in [3.05, 3.63) is 45.9 Å². The largest absolute Gasteiger partial charge is 0.433 e. The van der Waals surface area contributed by atoms with Crippen molar-refractivity contribution in [3.8, 4) is 11.6 Å². The number of nitro groups is 1. The summed E-state index contributed by atoms with van der Waals surface area (Å²) in [4.78, 5) is 16.2. The fourth-order valence-corrected chi connectivity index (χ4v) is 1.33. The van der Waals surface area contributed by atoms with E-state index in [4.69, 9.17) is 10.6 Å². The molecule has 0 amide bonds. The highest BCUT2D eigenvalue weighted by Crippen LogP contribution is 2.30. The second-order valence-corrected chi connectivity index (χ2v) is 3.58. The Bertz CT molecular complexity index is 713. The van der Waals surface area contributed by atoms with Gasteiger partial charge in [-0.2, -0.15) is 13.8 Å². The maximum absolute atomic E-state index is 13.6. The molecule has 0 unspecified atom stereocenters. The van der Waals surface area contributed by atoms with Crippen LogP contribution in [-0.2, 0) is 0 Å². The van der Waals surface area contributed by atoms with Crippen molar-refractivity contribution in [3.63, 3.8) is 0 Å². The van der Waals surface area contributed by atoms with Crippen molar-refractivity contribution in [2.75, 3.05) is 5.43 Å². The van der Waals surface area contributed by atoms with Crippen LogP contribution in [0.5, 0.6) is 11.6 Å². The smallest absolute Gasteiger partial charge is 0.307 e. The Morgan fingerprint density at radius 3 is 2.57 bits per heavy atom. The summed E-state index contributed by atoms with van der Waals surface area (Å²) in [5.74, 6) is -0.399. The van der Waals surface area contributed by atoms with E-state index in [-0.39, 0.29) is 5.95 Å². The van der Waals surface area contributed by atoms with E-state index < -0.39 is 39.7 Å². The highest BCUT2D eigenvalue weighted by atomic mass is 19.1. The first-order valence-corrected chi connectivity index (χ1v) is 5.23. The second-order valence-electron chi connectivity index (χ2n) is 3.58. The summed E-state index contributed by atoms with van der Waals surface area (Å²) in [5, 5.41) is 10.4. The third-order valence-electron chi connectivity index (χ3n) is 2.25. The minimum Gasteiger partial charge on any atom is -0.433 e. The quantitative estimate of drug-likeness (QED) is 0.503. The van der Waals surface area contributed by atoms with Gasteiger partial charge in [0.2, 0.25) is 17.6 Å². The van der Waals surface area contributed by atoms with Crippen LogP contribution < -0.4 is 16.0 Å². The van der Waals surface area contributed by atoms with Crippen LogP contribution in [0, 0.1) is 27.6 Å². The second kappa shape index (κ2) is 5.58. The van der Waals surface area contributed by atoms with Crippen LogP contribution in [-0.4, -0.2) is 14.9 Å². The highest BCUT2D eigenvalue weighted by Gasteiger charge is 2.21. The molecule has 0 spiro atoms. The fraction of sp³-hybridized carbons (Fsp3) is 0. The van der Waals surface area contributed by atoms with Crippen molar-refractivity contribution >= 4 is 11.6 Å². The number of nitrogens with zero attached hydrogens (tertiary/aromatic N) is 3. The number of nitro benzene ring substituents is 1. The number of hydrogen-bond donors (Lipinski definition) is 2. The predicted octanol–water partition coefficient (Wildman–Crippen LogP) is 1.88. The summed E-state index contributed by atoms with van der Waals surface area (Å²) < 4.78 is 45.1. The summed E-state index contributed by atoms with van der Waals surface area (Å²) in [6, 6.07) is 0.719. The zero-order chi connectivity index (χ0) is 15.6. The summed E-state index contributed by atoms with van der Waals surface area (Å²) in [6.07, 6.45) is 0.692. The molecule has 21 heavy (non-hydrogen) atoms. The van der Waals surface area contributed by atoms with E-state index in [2.05, 4.69) is 9.97 Å². The number of nitrogen functional groups attached to an aromatic ring is 1. The lowest BCUT2D eigenvalue weighted by molar-refractivity contribution is -0.387. The molecule has 2 rings (SSSR count). The van der Waals surface area contributed by atoms with E-state index in [1.165, 1.54) is 0 Å². The molecule has 11 heteroatoms. The van der Waals surface area contributed by atoms with Gasteiger partial charge in [0, 0.05) is 6.07 Å². The molecule has 0 fully saturated rings. The Hall–Kier alpha value is -2.95. The van der Waals surface area contributed by atoms with E-state index >= 15 is 0 Å². The van der Waals surface area contributed by atoms with Crippen molar-refractivity contribution in [1.29, 1.82) is 0 Å². The Morgan fingerprint density at radius 1 is 1.24 bits per heavy atom. The van der Waals surface area contributed by atoms with Crippen LogP contribution in [0.1, 0.15) is 0 Å². The summed E-state index contributed by atoms with van der Waals surface area (Å²) in [7, 11) is 0. The first-order chi connectivity index (χ1) is 9.92. The Morgan fingerprint density at radius 2 is 1.95 bits per heavy atom. The number of nitrogens with one attached hydrogen (secondary N) is 1. The van der Waals surface area contributed by atoms with Crippen LogP contribution in [0.25, 0.3) is 0 Å². The molecule has 1 aromatic carbocycles. The van der Waals surface area contributed by atoms with Gasteiger partial charge in [-0.1, -0.05) is 0 Å². The Kier molecular flexibility index (Phi) is 3.84. The van der Waals surface area contributed by atoms with Gasteiger partial charge in [-0.05, 0) is 0 Å². The van der Waals surface area contributed by atoms with Gasteiger partial charge in [0.05, 0.1) is 17.2 Å². The number of halogens is 3. The topological polar surface area (TPSA) is 116 Å². The lowest BCUT2D eigenvalue weighted by Gasteiger charge is -2.08. The van der Waals surface area contributed by atoms with Gasteiger partial charge in [-0.3, -0.25) is 15.5 Å². The molecule has 1 heterocycles. The number of rotatable bonds is 4. The molecule has 0 atom stereocenters. The van der Waals surface area contributed by atoms with Crippen molar-refractivity contribution in [1.82, 2.24) is 9.97 Å². The van der Waals surface area contributed by atoms with Crippen molar-refractivity contribution in [2.24, 2.45) is 5.84 Å². The summed E-state index contributed by atoms with van der Waals surface area (Å²) >= 11 is 0. The maximum Gasteiger partial charge on any atom is 0.307 e. The standard InChI is InChI=1S/C10H6F3N5O3/c11-4-2-8(5(12)1-7(4)18(19)20)21-9-6(13)3-15-10(16-9)17-14/h1-3H,14H2,(H,15,16,17). The molecule has 1 aromatic heterocycles. The average Bonchev–Trinajstić information content (AvgIpc) is 2.44. The van der Waals surface area contributed by atoms with Gasteiger partial charge in [-0.15, -0.1) is 0 Å². The molecule has 0 radical (unpaired) electrons. The predicted molar refractivity (Wildman–Crippen MR) is 62.9 cm³/mol. The lowest BCUT2D eigenvalue weighted by Crippen LogP contribution is -2.11. The third-order valence-corrected chi connectivity index (χ3v) is 2.25. The van der Waals surface area contributed by atoms with Gasteiger partial charge in [0.25, 0.3) is 5.88 Å². The number of aromatic nitrogens is 2. The normalized spacial score (nSPS) is 10.3. The van der Waals surface area contributed by atoms with E-state index in [0.29, 0.717) is 18.3 Å². The molecule has 2 aromatic rings. The number of hydrogen-bond acceptors (Lipinski definition) is 7. The number of hydrazine groups is 1. The van der Waals surface area contributed by atoms with E-state index in [0.717, 1.165) is 0 Å². The molecule has 3 N–H and O–H groups in total. The molecule has 0 saturated heterocycles. The van der Waals surface area contributed by atoms with E-state index in [1.54, 1.807) is 0 Å². The molecular formula is C10H6F3N5O3. The Labute approximate surface area is 114 Å². The van der Waals surface area contributed by atoms with Gasteiger partial charge in [0.1, 0.15) is 0 Å². The minimum atomic E-state index is -1.34. The van der Waals surface area contributed by atoms with Crippen LogP contribution in [0.3, 0.4) is 0 Å². The Balaban J connectivity index is 2.40. The molecule has 0 bridgehead atoms. The van der Waals surface area contributed by atoms with Gasteiger partial charge in [0.15, 0.2) is 11.6 Å². The first kappa shape index (κ1) is 14.5. The molecule has 110 valence electrons. The molecule has 0 aliphatic heterocycles. The van der Waals surface area contributed by atoms with E-state index in [1.807, 2.05) is 5.43 Å². The number of anilines is 1. The zero-order valence-electron chi connectivity index (χ0n) is 10.0. The molecule has 0 saturated carbocycles. The maximum atomic E-state index is 13.6. The molecule has 0 aliphatic rings. The van der Waals surface area contributed by atoms with Crippen LogP contribution in [0.15, 0.2) is 18.3 Å². The fourth-order valence-electron chi connectivity index (χ4n) is 1.33. The summed E-state index contributed by atoms with van der Waals surface area (Å²) in [5.41, 5.74) is 0.928. The minimum absolute atomic E-state index is 0.228. The molecule has 8 nitrogen and oxygen atoms in total. The van der Waals surface area contributed by atoms with Crippen LogP contribution in [0.2, 0.25) is 0 Å². The zero-order valence-corrected chi connectivity index (χ0v) is 10.0. The van der Waals surface area contributed by atoms with Crippen molar-refractivity contribution in [2.45, 2.75) is 0 Å². The number of benzene rings is 1. The lowest BCUT2D eigenvalue weighted by atomic mass is 10.3. The molecular weight excluding hydrogens is 295 g/mol. The van der Waals surface area contributed by atoms with Crippen LogP contribution in [0.4, 0.5) is 24.8 Å². The van der Waals surface area contributed by atoms with Gasteiger partial charge >= 0.3 is 5.69 Å². The highest BCUT2D eigenvalue weighted by molar-refractivity contribution is 5.41. The molecule has 0 aliphatic carbocycles. The van der Waals surface area contributed by atoms with E-state index in [9.17, 15) is 23.3 Å². The van der Waals surface area contributed by atoms with Crippen LogP contribution >= 0.6 is 0 Å². The van der Waals surface area contributed by atoms with Crippen molar-refractivity contribution < 1.29 is 22.8 Å². The number of ether oxygens (including phenoxy) is 1. The number of nitrogens with two attached hydrogens (primary N) is 1. The summed E-state index contributed by atoms with van der Waals surface area (Å²) in [6.45, 7) is 0. The third kappa shape index (κ3) is 2.97. The average molecular weight is 301 g/mol. The first-order valence-electron chi connectivity index (χ1n) is 5.23. The van der Waals surface area contributed by atoms with Gasteiger partial charge in [-0.25, -0.2) is 15.2 Å². The SMILES string of the molecule is NNc1ncc(F)c(Oc2cc(F)c([N+](=O)[O-])cc2F)n1.